The maximum absolute atomic E-state index is 13.0. The van der Waals surface area contributed by atoms with Crippen molar-refractivity contribution in [2.45, 2.75) is 0 Å². The van der Waals surface area contributed by atoms with Gasteiger partial charge in [0, 0.05) is 36.9 Å². The molecule has 1 aliphatic rings. The Bertz CT molecular complexity index is 1690. The number of aromatic nitrogens is 5. The SMILES string of the molecule is Cn1c(=O)c2c(nc3n(-c4ccc5c(c4)OCCO5)c(-c4ccc(Cl)cc4)cn23)n(C)c1=O. The highest BCUT2D eigenvalue weighted by Crippen LogP contribution is 2.35. The van der Waals surface area contributed by atoms with E-state index in [-0.39, 0.29) is 0 Å². The van der Waals surface area contributed by atoms with Crippen LogP contribution in [0.25, 0.3) is 33.9 Å². The highest BCUT2D eigenvalue weighted by molar-refractivity contribution is 6.30. The van der Waals surface area contributed by atoms with E-state index in [4.69, 9.17) is 26.1 Å². The molecule has 166 valence electrons. The van der Waals surface area contributed by atoms with Crippen LogP contribution in [0.3, 0.4) is 0 Å². The summed E-state index contributed by atoms with van der Waals surface area (Å²) < 4.78 is 17.5. The summed E-state index contributed by atoms with van der Waals surface area (Å²) in [5.41, 5.74) is 2.24. The molecule has 0 saturated heterocycles. The quantitative estimate of drug-likeness (QED) is 0.402. The lowest BCUT2D eigenvalue weighted by molar-refractivity contribution is 0.171. The maximum atomic E-state index is 13.0. The van der Waals surface area contributed by atoms with Gasteiger partial charge in [0.25, 0.3) is 5.56 Å². The van der Waals surface area contributed by atoms with Crippen LogP contribution >= 0.6 is 11.6 Å². The third-order valence-electron chi connectivity index (χ3n) is 5.89. The van der Waals surface area contributed by atoms with Crippen molar-refractivity contribution in [3.63, 3.8) is 0 Å². The Morgan fingerprint density at radius 1 is 0.939 bits per heavy atom. The predicted octanol–water partition coefficient (Wildman–Crippen LogP) is 2.77. The lowest BCUT2D eigenvalue weighted by atomic mass is 10.1. The molecule has 5 aromatic rings. The van der Waals surface area contributed by atoms with Gasteiger partial charge < -0.3 is 9.47 Å². The number of hydrogen-bond donors (Lipinski definition) is 0. The van der Waals surface area contributed by atoms with Gasteiger partial charge in [-0.15, -0.1) is 0 Å². The number of hydrogen-bond acceptors (Lipinski definition) is 5. The second kappa shape index (κ2) is 7.01. The predicted molar refractivity (Wildman–Crippen MR) is 124 cm³/mol. The van der Waals surface area contributed by atoms with E-state index in [1.165, 1.54) is 11.6 Å². The lowest BCUT2D eigenvalue weighted by Crippen LogP contribution is -2.37. The van der Waals surface area contributed by atoms with Gasteiger partial charge >= 0.3 is 5.69 Å². The number of halogens is 1. The number of imidazole rings is 2. The summed E-state index contributed by atoms with van der Waals surface area (Å²) in [6.07, 6.45) is 1.84. The van der Waals surface area contributed by atoms with E-state index in [0.29, 0.717) is 46.7 Å². The summed E-state index contributed by atoms with van der Waals surface area (Å²) in [5, 5.41) is 0.621. The van der Waals surface area contributed by atoms with Crippen LogP contribution in [0.2, 0.25) is 5.02 Å². The first-order valence-electron chi connectivity index (χ1n) is 10.3. The Hall–Kier alpha value is -3.98. The molecule has 0 unspecified atom stereocenters. The summed E-state index contributed by atoms with van der Waals surface area (Å²) in [6.45, 7) is 0.964. The minimum absolute atomic E-state index is 0.312. The summed E-state index contributed by atoms with van der Waals surface area (Å²) in [7, 11) is 3.06. The molecule has 4 heterocycles. The highest BCUT2D eigenvalue weighted by Gasteiger charge is 2.23. The number of fused-ring (bicyclic) bond motifs is 4. The first kappa shape index (κ1) is 19.7. The van der Waals surface area contributed by atoms with Crippen LogP contribution < -0.4 is 20.7 Å². The molecule has 0 atom stereocenters. The standard InChI is InChI=1S/C23H18ClN5O4/c1-26-20-19(21(30)27(2)23(26)31)28-12-16(13-3-5-14(24)6-4-13)29(22(28)25-20)15-7-8-17-18(11-15)33-10-9-32-17/h3-8,11-12H,9-10H2,1-2H3. The lowest BCUT2D eigenvalue weighted by Gasteiger charge is -2.19. The maximum Gasteiger partial charge on any atom is 0.332 e. The Morgan fingerprint density at radius 2 is 1.67 bits per heavy atom. The van der Waals surface area contributed by atoms with Gasteiger partial charge in [0.15, 0.2) is 22.7 Å². The molecule has 3 aromatic heterocycles. The molecule has 0 bridgehead atoms. The van der Waals surface area contributed by atoms with E-state index in [9.17, 15) is 9.59 Å². The van der Waals surface area contributed by atoms with Gasteiger partial charge in [0.2, 0.25) is 5.78 Å². The number of ether oxygens (including phenoxy) is 2. The van der Waals surface area contributed by atoms with Crippen molar-refractivity contribution >= 4 is 28.5 Å². The van der Waals surface area contributed by atoms with Gasteiger partial charge in [0.05, 0.1) is 11.4 Å². The summed E-state index contributed by atoms with van der Waals surface area (Å²) in [4.78, 5) is 30.2. The van der Waals surface area contributed by atoms with E-state index in [1.807, 2.05) is 53.2 Å². The van der Waals surface area contributed by atoms with Crippen molar-refractivity contribution in [1.29, 1.82) is 0 Å². The van der Waals surface area contributed by atoms with Crippen molar-refractivity contribution in [1.82, 2.24) is 23.1 Å². The third-order valence-corrected chi connectivity index (χ3v) is 6.14. The molecular weight excluding hydrogens is 446 g/mol. The molecule has 33 heavy (non-hydrogen) atoms. The molecule has 0 saturated carbocycles. The number of aryl methyl sites for hydroxylation is 1. The molecule has 10 heteroatoms. The van der Waals surface area contributed by atoms with Crippen LogP contribution in [-0.2, 0) is 14.1 Å². The summed E-state index contributed by atoms with van der Waals surface area (Å²) in [5.74, 6) is 1.79. The normalized spacial score (nSPS) is 13.2. The summed E-state index contributed by atoms with van der Waals surface area (Å²) in [6, 6.07) is 13.1. The van der Waals surface area contributed by atoms with Crippen molar-refractivity contribution < 1.29 is 9.47 Å². The van der Waals surface area contributed by atoms with Crippen molar-refractivity contribution in [2.75, 3.05) is 13.2 Å². The first-order valence-corrected chi connectivity index (χ1v) is 10.7. The molecule has 0 spiro atoms. The first-order chi connectivity index (χ1) is 15.9. The largest absolute Gasteiger partial charge is 0.486 e. The van der Waals surface area contributed by atoms with Crippen LogP contribution in [-0.4, -0.2) is 36.3 Å². The Labute approximate surface area is 191 Å². The summed E-state index contributed by atoms with van der Waals surface area (Å²) >= 11 is 6.11. The molecular formula is C23H18ClN5O4. The fourth-order valence-corrected chi connectivity index (χ4v) is 4.35. The smallest absolute Gasteiger partial charge is 0.332 e. The van der Waals surface area contributed by atoms with Gasteiger partial charge in [-0.05, 0) is 24.3 Å². The van der Waals surface area contributed by atoms with Crippen LogP contribution in [0, 0.1) is 0 Å². The highest BCUT2D eigenvalue weighted by atomic mass is 35.5. The van der Waals surface area contributed by atoms with Crippen LogP contribution in [0.4, 0.5) is 0 Å². The molecule has 2 aromatic carbocycles. The van der Waals surface area contributed by atoms with Crippen LogP contribution in [0.15, 0.2) is 58.3 Å². The molecule has 0 N–H and O–H groups in total. The molecule has 0 amide bonds. The van der Waals surface area contributed by atoms with Crippen molar-refractivity contribution in [3.8, 4) is 28.4 Å². The average Bonchev–Trinajstić information content (AvgIpc) is 3.38. The molecule has 0 fully saturated rings. The monoisotopic (exact) mass is 463 g/mol. The fourth-order valence-electron chi connectivity index (χ4n) is 4.22. The molecule has 0 aliphatic carbocycles. The number of nitrogens with zero attached hydrogens (tertiary/aromatic N) is 5. The van der Waals surface area contributed by atoms with E-state index in [2.05, 4.69) is 0 Å². The molecule has 6 rings (SSSR count). The minimum atomic E-state index is -0.433. The number of benzene rings is 2. The number of rotatable bonds is 2. The Morgan fingerprint density at radius 3 is 2.42 bits per heavy atom. The molecule has 9 nitrogen and oxygen atoms in total. The zero-order valence-corrected chi connectivity index (χ0v) is 18.5. The van der Waals surface area contributed by atoms with Gasteiger partial charge in [-0.3, -0.25) is 22.9 Å². The second-order valence-electron chi connectivity index (χ2n) is 7.84. The Balaban J connectivity index is 1.73. The van der Waals surface area contributed by atoms with Crippen molar-refractivity contribution in [3.05, 3.63) is 74.5 Å². The van der Waals surface area contributed by atoms with Crippen LogP contribution in [0.1, 0.15) is 0 Å². The van der Waals surface area contributed by atoms with E-state index in [1.54, 1.807) is 11.4 Å². The zero-order valence-electron chi connectivity index (χ0n) is 17.8. The van der Waals surface area contributed by atoms with Gasteiger partial charge in [-0.1, -0.05) is 23.7 Å². The third kappa shape index (κ3) is 2.82. The van der Waals surface area contributed by atoms with E-state index >= 15 is 0 Å². The average molecular weight is 464 g/mol. The zero-order chi connectivity index (χ0) is 22.9. The topological polar surface area (TPSA) is 84.7 Å². The minimum Gasteiger partial charge on any atom is -0.486 e. The van der Waals surface area contributed by atoms with Gasteiger partial charge in [0.1, 0.15) is 13.2 Å². The van der Waals surface area contributed by atoms with E-state index in [0.717, 1.165) is 21.5 Å². The van der Waals surface area contributed by atoms with Gasteiger partial charge in [-0.25, -0.2) is 4.79 Å². The van der Waals surface area contributed by atoms with E-state index < -0.39 is 11.2 Å². The van der Waals surface area contributed by atoms with Crippen molar-refractivity contribution in [2.24, 2.45) is 14.1 Å². The van der Waals surface area contributed by atoms with Crippen LogP contribution in [0.5, 0.6) is 11.5 Å². The molecule has 0 radical (unpaired) electrons. The van der Waals surface area contributed by atoms with Gasteiger partial charge in [-0.2, -0.15) is 4.98 Å². The second-order valence-corrected chi connectivity index (χ2v) is 8.28. The Kier molecular flexibility index (Phi) is 4.18. The molecule has 1 aliphatic heterocycles. The fraction of sp³-hybridized carbons (Fsp3) is 0.174.